The van der Waals surface area contributed by atoms with Gasteiger partial charge in [0.25, 0.3) is 0 Å². The number of benzene rings is 1. The first-order valence-corrected chi connectivity index (χ1v) is 9.19. The second-order valence-corrected chi connectivity index (χ2v) is 8.04. The second-order valence-electron chi connectivity index (χ2n) is 5.52. The first kappa shape index (κ1) is 16.0. The van der Waals surface area contributed by atoms with Crippen LogP contribution in [0.2, 0.25) is 5.02 Å². The minimum absolute atomic E-state index is 0.283. The monoisotopic (exact) mass is 349 g/mol. The van der Waals surface area contributed by atoms with Gasteiger partial charge in [0.1, 0.15) is 0 Å². The van der Waals surface area contributed by atoms with Gasteiger partial charge < -0.3 is 4.98 Å². The van der Waals surface area contributed by atoms with Gasteiger partial charge in [-0.15, -0.1) is 0 Å². The van der Waals surface area contributed by atoms with Crippen molar-refractivity contribution in [3.05, 3.63) is 53.3 Å². The van der Waals surface area contributed by atoms with Crippen molar-refractivity contribution >= 4 is 32.5 Å². The molecule has 2 heterocycles. The molecule has 0 unspecified atom stereocenters. The summed E-state index contributed by atoms with van der Waals surface area (Å²) < 4.78 is 24.3. The Balaban J connectivity index is 1.95. The number of nitrogens with one attached hydrogen (secondary N) is 1. The zero-order valence-corrected chi connectivity index (χ0v) is 14.3. The molecule has 0 atom stereocenters. The maximum absolute atomic E-state index is 11.5. The van der Waals surface area contributed by atoms with Crippen LogP contribution in [0.3, 0.4) is 0 Å². The van der Waals surface area contributed by atoms with Crippen LogP contribution in [0.25, 0.3) is 22.2 Å². The lowest BCUT2D eigenvalue weighted by Crippen LogP contribution is -2.24. The van der Waals surface area contributed by atoms with E-state index >= 15 is 0 Å². The van der Waals surface area contributed by atoms with Crippen molar-refractivity contribution in [1.82, 2.24) is 14.3 Å². The average molecular weight is 350 g/mol. The number of aromatic amines is 1. The van der Waals surface area contributed by atoms with Gasteiger partial charge in [-0.2, -0.15) is 0 Å². The molecule has 3 rings (SSSR count). The topological polar surface area (TPSA) is 66.1 Å². The van der Waals surface area contributed by atoms with Crippen molar-refractivity contribution in [3.8, 4) is 11.3 Å². The van der Waals surface area contributed by atoms with Gasteiger partial charge in [0.2, 0.25) is 10.0 Å². The van der Waals surface area contributed by atoms with Gasteiger partial charge in [-0.25, -0.2) is 12.7 Å². The molecule has 0 spiro atoms. The Bertz CT molecular complexity index is 966. The van der Waals surface area contributed by atoms with Crippen molar-refractivity contribution in [2.75, 3.05) is 13.3 Å². The highest BCUT2D eigenvalue weighted by Crippen LogP contribution is 2.26. The first-order valence-electron chi connectivity index (χ1n) is 6.97. The largest absolute Gasteiger partial charge is 0.354 e. The summed E-state index contributed by atoms with van der Waals surface area (Å²) in [5, 5.41) is 1.73. The first-order chi connectivity index (χ1) is 10.8. The van der Waals surface area contributed by atoms with E-state index in [4.69, 9.17) is 11.6 Å². The van der Waals surface area contributed by atoms with Crippen molar-refractivity contribution in [3.63, 3.8) is 0 Å². The van der Waals surface area contributed by atoms with Crippen LogP contribution in [0.15, 0.2) is 42.7 Å². The highest BCUT2D eigenvalue weighted by Gasteiger charge is 2.12. The minimum atomic E-state index is -3.22. The van der Waals surface area contributed by atoms with Crippen molar-refractivity contribution in [2.24, 2.45) is 0 Å². The minimum Gasteiger partial charge on any atom is -0.354 e. The van der Waals surface area contributed by atoms with E-state index in [1.807, 2.05) is 30.3 Å². The van der Waals surface area contributed by atoms with Gasteiger partial charge >= 0.3 is 0 Å². The molecular formula is C16H16ClN3O2S. The SMILES string of the molecule is CN(Cc1cncc(-c2cc3ccc(Cl)cc3[nH]2)c1)S(C)(=O)=O. The Morgan fingerprint density at radius 2 is 2.00 bits per heavy atom. The number of nitrogens with zero attached hydrogens (tertiary/aromatic N) is 2. The second kappa shape index (κ2) is 5.96. The van der Waals surface area contributed by atoms with Crippen LogP contribution >= 0.6 is 11.6 Å². The molecule has 0 radical (unpaired) electrons. The lowest BCUT2D eigenvalue weighted by Gasteiger charge is -2.14. The molecule has 0 saturated carbocycles. The van der Waals surface area contributed by atoms with E-state index in [0.29, 0.717) is 5.02 Å². The fourth-order valence-corrected chi connectivity index (χ4v) is 2.91. The summed E-state index contributed by atoms with van der Waals surface area (Å²) in [5.41, 5.74) is 3.59. The summed E-state index contributed by atoms with van der Waals surface area (Å²) in [6, 6.07) is 9.62. The Labute approximate surface area is 140 Å². The normalized spacial score (nSPS) is 12.2. The van der Waals surface area contributed by atoms with E-state index in [1.165, 1.54) is 10.6 Å². The number of halogens is 1. The lowest BCUT2D eigenvalue weighted by atomic mass is 10.1. The van der Waals surface area contributed by atoms with Crippen LogP contribution in [0.4, 0.5) is 0 Å². The molecule has 5 nitrogen and oxygen atoms in total. The summed E-state index contributed by atoms with van der Waals surface area (Å²) in [6.07, 6.45) is 4.60. The Morgan fingerprint density at radius 3 is 2.74 bits per heavy atom. The summed E-state index contributed by atoms with van der Waals surface area (Å²) in [4.78, 5) is 7.52. The van der Waals surface area contributed by atoms with Gasteiger partial charge in [0, 0.05) is 53.2 Å². The fraction of sp³-hybridized carbons (Fsp3) is 0.188. The van der Waals surface area contributed by atoms with E-state index in [0.717, 1.165) is 27.7 Å². The summed E-state index contributed by atoms with van der Waals surface area (Å²) >= 11 is 6.00. The molecule has 2 aromatic heterocycles. The molecule has 0 amide bonds. The molecule has 1 N–H and O–H groups in total. The maximum Gasteiger partial charge on any atom is 0.211 e. The molecule has 3 aromatic rings. The predicted molar refractivity (Wildman–Crippen MR) is 92.9 cm³/mol. The van der Waals surface area contributed by atoms with E-state index in [9.17, 15) is 8.42 Å². The van der Waals surface area contributed by atoms with Crippen LogP contribution in [0.5, 0.6) is 0 Å². The molecule has 23 heavy (non-hydrogen) atoms. The molecule has 0 aliphatic rings. The van der Waals surface area contributed by atoms with Gasteiger partial charge in [-0.05, 0) is 29.8 Å². The van der Waals surface area contributed by atoms with Gasteiger partial charge in [-0.1, -0.05) is 17.7 Å². The molecule has 0 aliphatic carbocycles. The van der Waals surface area contributed by atoms with E-state index in [-0.39, 0.29) is 6.54 Å². The van der Waals surface area contributed by atoms with Gasteiger partial charge in [0.05, 0.1) is 6.26 Å². The quantitative estimate of drug-likeness (QED) is 0.786. The van der Waals surface area contributed by atoms with Crippen LogP contribution in [0, 0.1) is 0 Å². The van der Waals surface area contributed by atoms with E-state index < -0.39 is 10.0 Å². The van der Waals surface area contributed by atoms with Crippen molar-refractivity contribution in [2.45, 2.75) is 6.54 Å². The van der Waals surface area contributed by atoms with Crippen molar-refractivity contribution in [1.29, 1.82) is 0 Å². The highest BCUT2D eigenvalue weighted by atomic mass is 35.5. The van der Waals surface area contributed by atoms with E-state index in [1.54, 1.807) is 19.4 Å². The number of fused-ring (bicyclic) bond motifs is 1. The third-order valence-electron chi connectivity index (χ3n) is 3.66. The number of H-pyrrole nitrogens is 1. The number of sulfonamides is 1. The Morgan fingerprint density at radius 1 is 1.22 bits per heavy atom. The molecule has 120 valence electrons. The number of aromatic nitrogens is 2. The molecule has 0 aliphatic heterocycles. The third-order valence-corrected chi connectivity index (χ3v) is 5.16. The molecule has 1 aromatic carbocycles. The number of hydrogen-bond donors (Lipinski definition) is 1. The zero-order chi connectivity index (χ0) is 16.6. The van der Waals surface area contributed by atoms with Gasteiger partial charge in [-0.3, -0.25) is 4.98 Å². The predicted octanol–water partition coefficient (Wildman–Crippen LogP) is 3.27. The van der Waals surface area contributed by atoms with Crippen LogP contribution < -0.4 is 0 Å². The smallest absolute Gasteiger partial charge is 0.211 e. The Kier molecular flexibility index (Phi) is 4.14. The lowest BCUT2D eigenvalue weighted by molar-refractivity contribution is 0.472. The van der Waals surface area contributed by atoms with Crippen LogP contribution in [-0.4, -0.2) is 36.0 Å². The van der Waals surface area contributed by atoms with Crippen molar-refractivity contribution < 1.29 is 8.42 Å². The molecule has 7 heteroatoms. The van der Waals surface area contributed by atoms with Gasteiger partial charge in [0.15, 0.2) is 0 Å². The average Bonchev–Trinajstić information content (AvgIpc) is 2.89. The summed E-state index contributed by atoms with van der Waals surface area (Å²) in [6.45, 7) is 0.283. The van der Waals surface area contributed by atoms with Crippen LogP contribution in [0.1, 0.15) is 5.56 Å². The Hall–Kier alpha value is -1.89. The third kappa shape index (κ3) is 3.55. The number of rotatable bonds is 4. The number of pyridine rings is 1. The highest BCUT2D eigenvalue weighted by molar-refractivity contribution is 7.88. The molecule has 0 fully saturated rings. The standard InChI is InChI=1S/C16H16ClN3O2S/c1-20(23(2,21)22)10-11-5-13(9-18-8-11)15-6-12-3-4-14(17)7-16(12)19-15/h3-9,19H,10H2,1-2H3. The summed E-state index contributed by atoms with van der Waals surface area (Å²) in [5.74, 6) is 0. The number of hydrogen-bond acceptors (Lipinski definition) is 3. The molecule has 0 saturated heterocycles. The maximum atomic E-state index is 11.5. The van der Waals surface area contributed by atoms with Crippen LogP contribution in [-0.2, 0) is 16.6 Å². The summed E-state index contributed by atoms with van der Waals surface area (Å²) in [7, 11) is -1.67. The molecular weight excluding hydrogens is 334 g/mol. The zero-order valence-electron chi connectivity index (χ0n) is 12.7. The fourth-order valence-electron chi connectivity index (χ4n) is 2.35. The van der Waals surface area contributed by atoms with E-state index in [2.05, 4.69) is 9.97 Å². The molecule has 0 bridgehead atoms.